The molecule has 3 aromatic rings. The number of para-hydroxylation sites is 2. The zero-order valence-corrected chi connectivity index (χ0v) is 15.4. The van der Waals surface area contributed by atoms with Crippen molar-refractivity contribution in [2.24, 2.45) is 0 Å². The lowest BCUT2D eigenvalue weighted by Crippen LogP contribution is -2.16. The standard InChI is InChI=1S/C19H24N4O3/c1-4-12(2)26-19(24)15-16-18(23(17(15)20)10-7-11-25-3)22-14-9-6-5-8-13(14)21-16/h5-6,8-9,12H,4,7,10-11,20H2,1-3H3. The fourth-order valence-corrected chi connectivity index (χ4v) is 2.84. The maximum absolute atomic E-state index is 12.7. The van der Waals surface area contributed by atoms with Crippen LogP contribution in [-0.4, -0.2) is 40.3 Å². The summed E-state index contributed by atoms with van der Waals surface area (Å²) in [6, 6.07) is 7.55. The summed E-state index contributed by atoms with van der Waals surface area (Å²) in [5, 5.41) is 0. The second kappa shape index (κ2) is 7.70. The number of anilines is 1. The quantitative estimate of drug-likeness (QED) is 0.516. The summed E-state index contributed by atoms with van der Waals surface area (Å²) in [4.78, 5) is 22.1. The Hall–Kier alpha value is -2.67. The number of hydrogen-bond donors (Lipinski definition) is 1. The largest absolute Gasteiger partial charge is 0.459 e. The fraction of sp³-hybridized carbons (Fsp3) is 0.421. The van der Waals surface area contributed by atoms with Crippen LogP contribution in [0.5, 0.6) is 0 Å². The van der Waals surface area contributed by atoms with Crippen LogP contribution in [0.25, 0.3) is 22.2 Å². The molecule has 7 heteroatoms. The number of ether oxygens (including phenoxy) is 2. The van der Waals surface area contributed by atoms with E-state index in [-0.39, 0.29) is 11.7 Å². The van der Waals surface area contributed by atoms with Crippen molar-refractivity contribution in [3.8, 4) is 0 Å². The fourth-order valence-electron chi connectivity index (χ4n) is 2.84. The second-order valence-electron chi connectivity index (χ2n) is 6.27. The van der Waals surface area contributed by atoms with Gasteiger partial charge in [0.15, 0.2) is 5.65 Å². The summed E-state index contributed by atoms with van der Waals surface area (Å²) in [5.41, 5.74) is 9.15. The number of aromatic nitrogens is 3. The molecule has 3 rings (SSSR count). The third kappa shape index (κ3) is 3.35. The molecule has 7 nitrogen and oxygen atoms in total. The molecule has 1 aromatic carbocycles. The van der Waals surface area contributed by atoms with Crippen molar-refractivity contribution >= 4 is 34.0 Å². The number of benzene rings is 1. The van der Waals surface area contributed by atoms with E-state index in [1.165, 1.54) is 0 Å². The van der Waals surface area contributed by atoms with Crippen molar-refractivity contribution in [3.05, 3.63) is 29.8 Å². The first-order valence-corrected chi connectivity index (χ1v) is 8.81. The number of esters is 1. The van der Waals surface area contributed by atoms with Gasteiger partial charge in [-0.3, -0.25) is 0 Å². The summed E-state index contributed by atoms with van der Waals surface area (Å²) in [7, 11) is 1.65. The van der Waals surface area contributed by atoms with Crippen LogP contribution in [-0.2, 0) is 16.0 Å². The van der Waals surface area contributed by atoms with Gasteiger partial charge in [0, 0.05) is 20.3 Å². The molecule has 0 aliphatic rings. The van der Waals surface area contributed by atoms with Gasteiger partial charge in [-0.2, -0.15) is 0 Å². The lowest BCUT2D eigenvalue weighted by Gasteiger charge is -2.11. The van der Waals surface area contributed by atoms with Crippen molar-refractivity contribution in [1.29, 1.82) is 0 Å². The molecular weight excluding hydrogens is 332 g/mol. The van der Waals surface area contributed by atoms with Crippen LogP contribution in [0.4, 0.5) is 5.82 Å². The van der Waals surface area contributed by atoms with Gasteiger partial charge < -0.3 is 19.8 Å². The molecule has 0 saturated heterocycles. The highest BCUT2D eigenvalue weighted by Gasteiger charge is 2.25. The minimum Gasteiger partial charge on any atom is -0.459 e. The van der Waals surface area contributed by atoms with Crippen LogP contribution in [0, 0.1) is 0 Å². The Labute approximate surface area is 152 Å². The number of nitrogen functional groups attached to an aromatic ring is 1. The Kier molecular flexibility index (Phi) is 5.37. The van der Waals surface area contributed by atoms with E-state index < -0.39 is 5.97 Å². The van der Waals surface area contributed by atoms with E-state index in [1.54, 1.807) is 7.11 Å². The van der Waals surface area contributed by atoms with Crippen LogP contribution < -0.4 is 5.73 Å². The molecule has 1 unspecified atom stereocenters. The molecule has 0 aliphatic heterocycles. The van der Waals surface area contributed by atoms with Gasteiger partial charge >= 0.3 is 5.97 Å². The zero-order valence-electron chi connectivity index (χ0n) is 15.4. The SMILES string of the molecule is CCC(C)OC(=O)c1c(N)n(CCCOC)c2nc3ccccc3nc12. The highest BCUT2D eigenvalue weighted by molar-refractivity contribution is 6.08. The molecule has 0 saturated carbocycles. The maximum Gasteiger partial charge on any atom is 0.344 e. The van der Waals surface area contributed by atoms with Crippen molar-refractivity contribution < 1.29 is 14.3 Å². The van der Waals surface area contributed by atoms with E-state index in [1.807, 2.05) is 42.7 Å². The molecule has 2 aromatic heterocycles. The number of fused-ring (bicyclic) bond motifs is 2. The highest BCUT2D eigenvalue weighted by Crippen LogP contribution is 2.29. The van der Waals surface area contributed by atoms with Gasteiger partial charge in [0.25, 0.3) is 0 Å². The van der Waals surface area contributed by atoms with Crippen LogP contribution >= 0.6 is 0 Å². The average molecular weight is 356 g/mol. The van der Waals surface area contributed by atoms with Crippen molar-refractivity contribution in [3.63, 3.8) is 0 Å². The van der Waals surface area contributed by atoms with Crippen molar-refractivity contribution in [2.75, 3.05) is 19.5 Å². The lowest BCUT2D eigenvalue weighted by atomic mass is 10.2. The molecule has 0 bridgehead atoms. The normalized spacial score (nSPS) is 12.6. The van der Waals surface area contributed by atoms with Gasteiger partial charge in [0.1, 0.15) is 16.9 Å². The molecule has 138 valence electrons. The van der Waals surface area contributed by atoms with E-state index in [0.29, 0.717) is 35.7 Å². The summed E-state index contributed by atoms with van der Waals surface area (Å²) in [6.45, 7) is 4.99. The number of methoxy groups -OCH3 is 1. The molecule has 2 N–H and O–H groups in total. The van der Waals surface area contributed by atoms with Gasteiger partial charge in [0.2, 0.25) is 0 Å². The molecular formula is C19H24N4O3. The minimum atomic E-state index is -0.461. The number of nitrogens with two attached hydrogens (primary N) is 1. The summed E-state index contributed by atoms with van der Waals surface area (Å²) < 4.78 is 12.4. The predicted molar refractivity (Wildman–Crippen MR) is 101 cm³/mol. The van der Waals surface area contributed by atoms with Crippen molar-refractivity contribution in [1.82, 2.24) is 14.5 Å². The van der Waals surface area contributed by atoms with Gasteiger partial charge in [-0.1, -0.05) is 19.1 Å². The number of aryl methyl sites for hydroxylation is 1. The maximum atomic E-state index is 12.7. The van der Waals surface area contributed by atoms with E-state index in [0.717, 1.165) is 18.4 Å². The molecule has 1 atom stereocenters. The van der Waals surface area contributed by atoms with E-state index in [2.05, 4.69) is 4.98 Å². The van der Waals surface area contributed by atoms with Gasteiger partial charge in [-0.25, -0.2) is 14.8 Å². The smallest absolute Gasteiger partial charge is 0.344 e. The number of carbonyl (C=O) groups excluding carboxylic acids is 1. The number of hydrogen-bond acceptors (Lipinski definition) is 6. The first kappa shape index (κ1) is 18.1. The first-order chi connectivity index (χ1) is 12.6. The number of rotatable bonds is 7. The third-order valence-electron chi connectivity index (χ3n) is 4.41. The van der Waals surface area contributed by atoms with Crippen LogP contribution in [0.3, 0.4) is 0 Å². The van der Waals surface area contributed by atoms with Crippen LogP contribution in [0.1, 0.15) is 37.0 Å². The lowest BCUT2D eigenvalue weighted by molar-refractivity contribution is 0.0338. The van der Waals surface area contributed by atoms with E-state index >= 15 is 0 Å². The predicted octanol–water partition coefficient (Wildman–Crippen LogP) is 3.16. The van der Waals surface area contributed by atoms with Crippen LogP contribution in [0.2, 0.25) is 0 Å². The Balaban J connectivity index is 2.16. The molecule has 0 radical (unpaired) electrons. The topological polar surface area (TPSA) is 92.3 Å². The summed E-state index contributed by atoms with van der Waals surface area (Å²) >= 11 is 0. The average Bonchev–Trinajstić information content (AvgIpc) is 2.91. The molecule has 26 heavy (non-hydrogen) atoms. The Bertz CT molecular complexity index is 935. The van der Waals surface area contributed by atoms with E-state index in [4.69, 9.17) is 20.2 Å². The highest BCUT2D eigenvalue weighted by atomic mass is 16.5. The zero-order chi connectivity index (χ0) is 18.7. The second-order valence-corrected chi connectivity index (χ2v) is 6.27. The molecule has 2 heterocycles. The first-order valence-electron chi connectivity index (χ1n) is 8.81. The summed E-state index contributed by atoms with van der Waals surface area (Å²) in [6.07, 6.45) is 1.29. The van der Waals surface area contributed by atoms with Gasteiger partial charge in [0.05, 0.1) is 17.1 Å². The number of nitrogens with zero attached hydrogens (tertiary/aromatic N) is 3. The van der Waals surface area contributed by atoms with Gasteiger partial charge in [-0.15, -0.1) is 0 Å². The Morgan fingerprint density at radius 1 is 1.27 bits per heavy atom. The molecule has 0 spiro atoms. The summed E-state index contributed by atoms with van der Waals surface area (Å²) in [5.74, 6) is -0.128. The van der Waals surface area contributed by atoms with Crippen LogP contribution in [0.15, 0.2) is 24.3 Å². The Morgan fingerprint density at radius 2 is 1.96 bits per heavy atom. The Morgan fingerprint density at radius 3 is 2.62 bits per heavy atom. The monoisotopic (exact) mass is 356 g/mol. The third-order valence-corrected chi connectivity index (χ3v) is 4.41. The number of carbonyl (C=O) groups is 1. The van der Waals surface area contributed by atoms with Gasteiger partial charge in [-0.05, 0) is 31.9 Å². The minimum absolute atomic E-state index is 0.192. The molecule has 0 amide bonds. The van der Waals surface area contributed by atoms with E-state index in [9.17, 15) is 4.79 Å². The molecule has 0 fully saturated rings. The molecule has 0 aliphatic carbocycles. The van der Waals surface area contributed by atoms with Crippen molar-refractivity contribution in [2.45, 2.75) is 39.3 Å².